The highest BCUT2D eigenvalue weighted by molar-refractivity contribution is 5.89. The minimum atomic E-state index is -2.30. The molecule has 0 aliphatic heterocycles. The summed E-state index contributed by atoms with van der Waals surface area (Å²) >= 11 is 0. The van der Waals surface area contributed by atoms with E-state index in [1.54, 1.807) is 37.3 Å². The van der Waals surface area contributed by atoms with Gasteiger partial charge in [-0.2, -0.15) is 0 Å². The zero-order chi connectivity index (χ0) is 14.5. The summed E-state index contributed by atoms with van der Waals surface area (Å²) in [6.45, 7) is 2.09. The maximum Gasteiger partial charge on any atom is 0.338 e. The van der Waals surface area contributed by atoms with E-state index in [2.05, 4.69) is 0 Å². The number of halogens is 2. The van der Waals surface area contributed by atoms with Crippen molar-refractivity contribution in [2.45, 2.75) is 32.6 Å². The number of hydrogen-bond donors (Lipinski definition) is 0. The predicted molar refractivity (Wildman–Crippen MR) is 73.7 cm³/mol. The van der Waals surface area contributed by atoms with Gasteiger partial charge >= 0.3 is 5.97 Å². The number of ether oxygens (including phenoxy) is 1. The molecule has 20 heavy (non-hydrogen) atoms. The number of carbonyl (C=O) groups is 1. The largest absolute Gasteiger partial charge is 0.462 e. The van der Waals surface area contributed by atoms with E-state index in [0.717, 1.165) is 24.0 Å². The molecule has 0 fully saturated rings. The Morgan fingerprint density at radius 2 is 2.05 bits per heavy atom. The Bertz CT molecular complexity index is 492. The van der Waals surface area contributed by atoms with Gasteiger partial charge in [0.15, 0.2) is 0 Å². The van der Waals surface area contributed by atoms with Crippen molar-refractivity contribution in [2.24, 2.45) is 5.92 Å². The van der Waals surface area contributed by atoms with Crippen LogP contribution in [0.2, 0.25) is 0 Å². The number of alkyl halides is 2. The zero-order valence-corrected chi connectivity index (χ0v) is 11.4. The fourth-order valence-corrected chi connectivity index (χ4v) is 2.43. The van der Waals surface area contributed by atoms with E-state index in [4.69, 9.17) is 4.74 Å². The monoisotopic (exact) mass is 280 g/mol. The van der Waals surface area contributed by atoms with Gasteiger partial charge in [0, 0.05) is 5.92 Å². The molecule has 4 heteroatoms. The molecule has 0 saturated carbocycles. The molecule has 2 nitrogen and oxygen atoms in total. The quantitative estimate of drug-likeness (QED) is 0.768. The molecule has 0 saturated heterocycles. The first-order valence-electron chi connectivity index (χ1n) is 6.88. The van der Waals surface area contributed by atoms with Gasteiger partial charge in [0.05, 0.1) is 12.2 Å². The first-order valence-corrected chi connectivity index (χ1v) is 6.88. The van der Waals surface area contributed by atoms with Gasteiger partial charge in [0.25, 0.3) is 0 Å². The van der Waals surface area contributed by atoms with Gasteiger partial charge in [0.1, 0.15) is 0 Å². The molecule has 1 unspecified atom stereocenters. The van der Waals surface area contributed by atoms with E-state index >= 15 is 0 Å². The van der Waals surface area contributed by atoms with E-state index in [1.165, 1.54) is 0 Å². The minimum absolute atomic E-state index is 0.335. The van der Waals surface area contributed by atoms with Crippen LogP contribution in [0.4, 0.5) is 8.78 Å². The average molecular weight is 280 g/mol. The van der Waals surface area contributed by atoms with Crippen LogP contribution in [-0.2, 0) is 4.74 Å². The van der Waals surface area contributed by atoms with Gasteiger partial charge in [-0.3, -0.25) is 0 Å². The smallest absolute Gasteiger partial charge is 0.338 e. The first kappa shape index (κ1) is 14.7. The minimum Gasteiger partial charge on any atom is -0.462 e. The van der Waals surface area contributed by atoms with E-state index in [9.17, 15) is 13.6 Å². The molecule has 0 aromatic heterocycles. The molecule has 2 rings (SSSR count). The van der Waals surface area contributed by atoms with Gasteiger partial charge in [-0.25, -0.2) is 13.6 Å². The van der Waals surface area contributed by atoms with Crippen LogP contribution in [0.25, 0.3) is 5.57 Å². The molecule has 0 N–H and O–H groups in total. The molecule has 1 atom stereocenters. The fraction of sp³-hybridized carbons (Fsp3) is 0.438. The lowest BCUT2D eigenvalue weighted by Gasteiger charge is -2.20. The average Bonchev–Trinajstić information content (AvgIpc) is 2.48. The zero-order valence-electron chi connectivity index (χ0n) is 11.4. The molecule has 0 bridgehead atoms. The molecular weight excluding hydrogens is 262 g/mol. The summed E-state index contributed by atoms with van der Waals surface area (Å²) in [5.41, 5.74) is 2.33. The van der Waals surface area contributed by atoms with Crippen molar-refractivity contribution < 1.29 is 18.3 Å². The number of allylic oxidation sites excluding steroid dienone is 2. The Hall–Kier alpha value is -1.71. The molecule has 1 aromatic carbocycles. The highest BCUT2D eigenvalue weighted by atomic mass is 19.3. The number of esters is 1. The van der Waals surface area contributed by atoms with Crippen LogP contribution in [0, 0.1) is 5.92 Å². The number of carbonyl (C=O) groups excluding carboxylic acids is 1. The summed E-state index contributed by atoms with van der Waals surface area (Å²) in [4.78, 5) is 11.5. The van der Waals surface area contributed by atoms with Crippen molar-refractivity contribution in [1.82, 2.24) is 0 Å². The Labute approximate surface area is 117 Å². The topological polar surface area (TPSA) is 26.3 Å². The van der Waals surface area contributed by atoms with Gasteiger partial charge in [-0.1, -0.05) is 18.2 Å². The third kappa shape index (κ3) is 3.44. The lowest BCUT2D eigenvalue weighted by atomic mass is 9.87. The maximum absolute atomic E-state index is 12.8. The third-order valence-electron chi connectivity index (χ3n) is 3.49. The highest BCUT2D eigenvalue weighted by Crippen LogP contribution is 2.32. The summed E-state index contributed by atoms with van der Waals surface area (Å²) in [5.74, 6) is -1.01. The van der Waals surface area contributed by atoms with Gasteiger partial charge in [-0.15, -0.1) is 0 Å². The summed E-state index contributed by atoms with van der Waals surface area (Å²) in [6, 6.07) is 6.96. The summed E-state index contributed by atoms with van der Waals surface area (Å²) < 4.78 is 30.4. The van der Waals surface area contributed by atoms with Gasteiger partial charge < -0.3 is 4.74 Å². The van der Waals surface area contributed by atoms with Crippen LogP contribution >= 0.6 is 0 Å². The lowest BCUT2D eigenvalue weighted by Crippen LogP contribution is -2.12. The predicted octanol–water partition coefficient (Wildman–Crippen LogP) is 4.31. The second-order valence-corrected chi connectivity index (χ2v) is 4.88. The van der Waals surface area contributed by atoms with E-state index in [1.807, 2.05) is 0 Å². The third-order valence-corrected chi connectivity index (χ3v) is 3.49. The van der Waals surface area contributed by atoms with Gasteiger partial charge in [-0.05, 0) is 49.5 Å². The van der Waals surface area contributed by atoms with Crippen molar-refractivity contribution in [2.75, 3.05) is 6.61 Å². The Balaban J connectivity index is 2.15. The molecule has 1 aromatic rings. The molecular formula is C16H18F2O2. The number of hydrogen-bond acceptors (Lipinski definition) is 2. The van der Waals surface area contributed by atoms with Crippen molar-refractivity contribution in [3.05, 3.63) is 41.5 Å². The summed E-state index contributed by atoms with van der Waals surface area (Å²) in [7, 11) is 0. The lowest BCUT2D eigenvalue weighted by molar-refractivity contribution is 0.0526. The standard InChI is InChI=1S/C16H18F2O2/c1-2-20-16(19)12-8-6-11(7-9-12)13-4-3-5-14(10-13)15(17)18/h6-10,14-15H,2-5H2,1H3. The summed E-state index contributed by atoms with van der Waals surface area (Å²) in [5, 5.41) is 0. The Morgan fingerprint density at radius 1 is 1.35 bits per heavy atom. The van der Waals surface area contributed by atoms with E-state index in [0.29, 0.717) is 18.6 Å². The van der Waals surface area contributed by atoms with E-state index < -0.39 is 12.3 Å². The Kier molecular flexibility index (Phi) is 4.88. The SMILES string of the molecule is CCOC(=O)c1ccc(C2=CC(C(F)F)CCC2)cc1. The number of rotatable bonds is 4. The molecule has 0 heterocycles. The van der Waals surface area contributed by atoms with Crippen molar-refractivity contribution >= 4 is 11.5 Å². The van der Waals surface area contributed by atoms with Crippen molar-refractivity contribution in [3.63, 3.8) is 0 Å². The van der Waals surface area contributed by atoms with Crippen LogP contribution in [0.5, 0.6) is 0 Å². The number of benzene rings is 1. The summed E-state index contributed by atoms with van der Waals surface area (Å²) in [6.07, 6.45) is 1.50. The molecule has 108 valence electrons. The van der Waals surface area contributed by atoms with Crippen molar-refractivity contribution in [1.29, 1.82) is 0 Å². The van der Waals surface area contributed by atoms with Crippen LogP contribution in [0.3, 0.4) is 0 Å². The van der Waals surface area contributed by atoms with Crippen molar-refractivity contribution in [3.8, 4) is 0 Å². The fourth-order valence-electron chi connectivity index (χ4n) is 2.43. The van der Waals surface area contributed by atoms with Crippen LogP contribution in [0.15, 0.2) is 30.3 Å². The van der Waals surface area contributed by atoms with Crippen LogP contribution in [0.1, 0.15) is 42.1 Å². The maximum atomic E-state index is 12.8. The second-order valence-electron chi connectivity index (χ2n) is 4.88. The Morgan fingerprint density at radius 3 is 2.65 bits per heavy atom. The molecule has 1 aliphatic rings. The van der Waals surface area contributed by atoms with E-state index in [-0.39, 0.29) is 5.97 Å². The van der Waals surface area contributed by atoms with Gasteiger partial charge in [0.2, 0.25) is 6.43 Å². The molecule has 1 aliphatic carbocycles. The van der Waals surface area contributed by atoms with Crippen LogP contribution in [-0.4, -0.2) is 19.0 Å². The normalized spacial score (nSPS) is 18.8. The van der Waals surface area contributed by atoms with Crippen LogP contribution < -0.4 is 0 Å². The molecule has 0 amide bonds. The second kappa shape index (κ2) is 6.64. The molecule has 0 radical (unpaired) electrons. The highest BCUT2D eigenvalue weighted by Gasteiger charge is 2.22. The molecule has 0 spiro atoms. The first-order chi connectivity index (χ1) is 9.61.